The fraction of sp³-hybridized carbons (Fsp3) is 0.636. The summed E-state index contributed by atoms with van der Waals surface area (Å²) in [6.45, 7) is 22.6. The number of benzene rings is 1. The van der Waals surface area contributed by atoms with Gasteiger partial charge in [0.1, 0.15) is 5.60 Å². The van der Waals surface area contributed by atoms with E-state index in [0.29, 0.717) is 5.92 Å². The third kappa shape index (κ3) is 4.05. The van der Waals surface area contributed by atoms with Crippen LogP contribution in [0, 0.1) is 0 Å². The van der Waals surface area contributed by atoms with Crippen LogP contribution < -0.4 is 14.7 Å². The van der Waals surface area contributed by atoms with Crippen LogP contribution in [0.1, 0.15) is 43.7 Å². The van der Waals surface area contributed by atoms with Crippen molar-refractivity contribution in [3.8, 4) is 11.5 Å². The summed E-state index contributed by atoms with van der Waals surface area (Å²) in [5, 5.41) is 1.29. The van der Waals surface area contributed by atoms with Gasteiger partial charge in [-0.15, -0.1) is 0 Å². The van der Waals surface area contributed by atoms with Gasteiger partial charge in [-0.2, -0.15) is 0 Å². The molecule has 27 heavy (non-hydrogen) atoms. The van der Waals surface area contributed by atoms with E-state index in [1.807, 2.05) is 0 Å². The van der Waals surface area contributed by atoms with E-state index in [-0.39, 0.29) is 0 Å². The van der Waals surface area contributed by atoms with E-state index in [2.05, 4.69) is 65.8 Å². The molecular formula is C22H38O3Si2. The van der Waals surface area contributed by atoms with Crippen LogP contribution in [0.5, 0.6) is 11.5 Å². The molecule has 0 spiro atoms. The van der Waals surface area contributed by atoms with Crippen LogP contribution in [-0.2, 0) is 10.0 Å². The first kappa shape index (κ1) is 22.2. The van der Waals surface area contributed by atoms with Crippen LogP contribution in [0.2, 0.25) is 39.3 Å². The molecule has 3 nitrogen and oxygen atoms in total. The average molecular weight is 407 g/mol. The van der Waals surface area contributed by atoms with E-state index in [1.54, 1.807) is 14.2 Å². The molecule has 1 aliphatic carbocycles. The second kappa shape index (κ2) is 7.41. The van der Waals surface area contributed by atoms with Crippen molar-refractivity contribution < 1.29 is 13.9 Å². The lowest BCUT2D eigenvalue weighted by molar-refractivity contribution is 0.0733. The maximum absolute atomic E-state index is 6.90. The predicted molar refractivity (Wildman–Crippen MR) is 121 cm³/mol. The highest BCUT2D eigenvalue weighted by Crippen LogP contribution is 2.53. The molecule has 1 aromatic carbocycles. The van der Waals surface area contributed by atoms with Crippen LogP contribution in [0.4, 0.5) is 0 Å². The van der Waals surface area contributed by atoms with Gasteiger partial charge in [-0.1, -0.05) is 39.2 Å². The third-order valence-corrected chi connectivity index (χ3v) is 8.47. The minimum Gasteiger partial charge on any atom is -0.493 e. The summed E-state index contributed by atoms with van der Waals surface area (Å²) in [4.78, 5) is 0. The van der Waals surface area contributed by atoms with Gasteiger partial charge in [-0.3, -0.25) is 0 Å². The molecule has 1 aromatic rings. The number of rotatable bonds is 6. The van der Waals surface area contributed by atoms with E-state index in [0.717, 1.165) is 29.9 Å². The quantitative estimate of drug-likeness (QED) is 0.443. The Kier molecular flexibility index (Phi) is 6.11. The van der Waals surface area contributed by atoms with Gasteiger partial charge in [0.2, 0.25) is 0 Å². The lowest BCUT2D eigenvalue weighted by Crippen LogP contribution is -2.46. The van der Waals surface area contributed by atoms with Crippen LogP contribution in [0.15, 0.2) is 18.2 Å². The topological polar surface area (TPSA) is 27.7 Å². The van der Waals surface area contributed by atoms with E-state index in [4.69, 9.17) is 13.9 Å². The summed E-state index contributed by atoms with van der Waals surface area (Å²) in [5.41, 5.74) is 3.15. The lowest BCUT2D eigenvalue weighted by Gasteiger charge is -2.46. The molecule has 0 amide bonds. The van der Waals surface area contributed by atoms with Gasteiger partial charge in [0, 0.05) is 5.56 Å². The van der Waals surface area contributed by atoms with E-state index < -0.39 is 22.0 Å². The van der Waals surface area contributed by atoms with Crippen molar-refractivity contribution in [3.05, 3.63) is 29.3 Å². The molecular weight excluding hydrogens is 368 g/mol. The standard InChI is InChI=1S/C22H38O3Si2/c1-15(2)22(25-27(9,10)11)13-12-16(3)19-17(22)14-18(26(6,7)8)20(23-4)21(19)24-5/h14,16H,1,12-13H2,2-11H3/t16-,22+/m0/s1. The zero-order valence-electron chi connectivity index (χ0n) is 19.0. The highest BCUT2D eigenvalue weighted by atomic mass is 28.4. The molecule has 0 heterocycles. The molecule has 152 valence electrons. The average Bonchev–Trinajstić information content (AvgIpc) is 2.53. The van der Waals surface area contributed by atoms with Crippen molar-refractivity contribution >= 4 is 21.6 Å². The van der Waals surface area contributed by atoms with Crippen molar-refractivity contribution in [3.63, 3.8) is 0 Å². The molecule has 0 saturated carbocycles. The number of hydrogen-bond acceptors (Lipinski definition) is 3. The Hall–Kier alpha value is -1.05. The molecule has 2 atom stereocenters. The highest BCUT2D eigenvalue weighted by molar-refractivity contribution is 6.89. The number of fused-ring (bicyclic) bond motifs is 1. The Labute approximate surface area is 168 Å². The van der Waals surface area contributed by atoms with Gasteiger partial charge >= 0.3 is 0 Å². The summed E-state index contributed by atoms with van der Waals surface area (Å²) < 4.78 is 18.8. The van der Waals surface area contributed by atoms with Crippen LogP contribution in [0.25, 0.3) is 0 Å². The van der Waals surface area contributed by atoms with Crippen molar-refractivity contribution in [1.82, 2.24) is 0 Å². The largest absolute Gasteiger partial charge is 0.493 e. The summed E-state index contributed by atoms with van der Waals surface area (Å²) in [6, 6.07) is 2.37. The van der Waals surface area contributed by atoms with Gasteiger partial charge in [0.05, 0.1) is 22.3 Å². The minimum atomic E-state index is -1.80. The summed E-state index contributed by atoms with van der Waals surface area (Å²) in [6.07, 6.45) is 2.03. The fourth-order valence-corrected chi connectivity index (χ4v) is 7.20. The summed E-state index contributed by atoms with van der Waals surface area (Å²) in [7, 11) is 0.0480. The monoisotopic (exact) mass is 406 g/mol. The van der Waals surface area contributed by atoms with Crippen molar-refractivity contribution in [2.24, 2.45) is 0 Å². The number of ether oxygens (including phenoxy) is 2. The van der Waals surface area contributed by atoms with Crippen LogP contribution >= 0.6 is 0 Å². The summed E-state index contributed by atoms with van der Waals surface area (Å²) in [5.74, 6) is 2.20. The molecule has 0 fully saturated rings. The molecule has 0 saturated heterocycles. The van der Waals surface area contributed by atoms with Gasteiger partial charge in [-0.05, 0) is 61.6 Å². The Morgan fingerprint density at radius 3 is 2.04 bits per heavy atom. The van der Waals surface area contributed by atoms with E-state index in [9.17, 15) is 0 Å². The maximum Gasteiger partial charge on any atom is 0.185 e. The van der Waals surface area contributed by atoms with Gasteiger partial charge in [-0.25, -0.2) is 0 Å². The SMILES string of the molecule is C=C(C)[C@]1(O[Si](C)(C)C)CC[C@H](C)c2c1cc([Si](C)(C)C)c(OC)c2OC. The Morgan fingerprint density at radius 2 is 1.63 bits per heavy atom. The Balaban J connectivity index is 2.95. The minimum absolute atomic E-state index is 0.400. The second-order valence-corrected chi connectivity index (χ2v) is 19.4. The molecule has 1 aliphatic rings. The normalized spacial score (nSPS) is 23.0. The fourth-order valence-electron chi connectivity index (χ4n) is 4.30. The molecule has 0 bridgehead atoms. The van der Waals surface area contributed by atoms with Crippen LogP contribution in [0.3, 0.4) is 0 Å². The number of hydrogen-bond donors (Lipinski definition) is 0. The Morgan fingerprint density at radius 1 is 1.07 bits per heavy atom. The van der Waals surface area contributed by atoms with Crippen molar-refractivity contribution in [1.29, 1.82) is 0 Å². The second-order valence-electron chi connectivity index (χ2n) is 9.96. The molecule has 0 aromatic heterocycles. The highest BCUT2D eigenvalue weighted by Gasteiger charge is 2.46. The number of methoxy groups -OCH3 is 2. The van der Waals surface area contributed by atoms with E-state index in [1.165, 1.54) is 16.3 Å². The molecule has 0 aliphatic heterocycles. The van der Waals surface area contributed by atoms with E-state index >= 15 is 0 Å². The lowest BCUT2D eigenvalue weighted by atomic mass is 9.71. The van der Waals surface area contributed by atoms with Crippen molar-refractivity contribution in [2.75, 3.05) is 14.2 Å². The smallest absolute Gasteiger partial charge is 0.185 e. The van der Waals surface area contributed by atoms with Crippen LogP contribution in [-0.4, -0.2) is 30.6 Å². The first-order valence-electron chi connectivity index (χ1n) is 9.94. The molecule has 0 radical (unpaired) electrons. The first-order valence-corrected chi connectivity index (χ1v) is 16.8. The zero-order chi connectivity index (χ0) is 20.8. The molecule has 5 heteroatoms. The first-order chi connectivity index (χ1) is 12.3. The molecule has 2 rings (SSSR count). The third-order valence-electron chi connectivity index (χ3n) is 5.52. The molecule has 0 N–H and O–H groups in total. The predicted octanol–water partition coefficient (Wildman–Crippen LogP) is 5.77. The van der Waals surface area contributed by atoms with Gasteiger partial charge in [0.15, 0.2) is 19.8 Å². The molecule has 0 unspecified atom stereocenters. The maximum atomic E-state index is 6.90. The summed E-state index contributed by atoms with van der Waals surface area (Å²) >= 11 is 0. The van der Waals surface area contributed by atoms with Gasteiger partial charge in [0.25, 0.3) is 0 Å². The van der Waals surface area contributed by atoms with Gasteiger partial charge < -0.3 is 13.9 Å². The Bertz CT molecular complexity index is 729. The van der Waals surface area contributed by atoms with Crippen molar-refractivity contribution in [2.45, 2.75) is 77.5 Å². The zero-order valence-corrected chi connectivity index (χ0v) is 21.0.